The molecule has 0 saturated carbocycles. The number of esters is 1. The first-order valence-corrected chi connectivity index (χ1v) is 10.8. The van der Waals surface area contributed by atoms with Crippen molar-refractivity contribution >= 4 is 16.9 Å². The van der Waals surface area contributed by atoms with E-state index in [4.69, 9.17) is 9.72 Å². The second-order valence-corrected chi connectivity index (χ2v) is 7.85. The van der Waals surface area contributed by atoms with Crippen molar-refractivity contribution < 1.29 is 9.53 Å². The van der Waals surface area contributed by atoms with E-state index in [1.54, 1.807) is 0 Å². The molecule has 0 radical (unpaired) electrons. The number of hydrogen-bond acceptors (Lipinski definition) is 3. The van der Waals surface area contributed by atoms with Crippen LogP contribution >= 0.6 is 0 Å². The lowest BCUT2D eigenvalue weighted by molar-refractivity contribution is 0.0601. The molecule has 3 heteroatoms. The summed E-state index contributed by atoms with van der Waals surface area (Å²) in [5.74, 6) is -0.308. The van der Waals surface area contributed by atoms with Gasteiger partial charge in [0.05, 0.1) is 18.2 Å². The van der Waals surface area contributed by atoms with Gasteiger partial charge in [0.25, 0.3) is 0 Å². The fourth-order valence-electron chi connectivity index (χ4n) is 4.07. The van der Waals surface area contributed by atoms with Crippen LogP contribution in [-0.2, 0) is 11.2 Å². The van der Waals surface area contributed by atoms with Gasteiger partial charge >= 0.3 is 5.97 Å². The largest absolute Gasteiger partial charge is 0.465 e. The first kappa shape index (κ1) is 20.8. The molecule has 3 aromatic carbocycles. The average molecular weight is 410 g/mol. The molecule has 0 spiro atoms. The SMILES string of the molecule is CCCCc1cc(-c2ccc(-c3cccc(C)c3C(=O)OC)cc2)c2ccccc2n1. The van der Waals surface area contributed by atoms with Gasteiger partial charge in [0.15, 0.2) is 0 Å². The van der Waals surface area contributed by atoms with Gasteiger partial charge in [-0.05, 0) is 59.7 Å². The molecule has 0 N–H and O–H groups in total. The molecule has 0 amide bonds. The quantitative estimate of drug-likeness (QED) is 0.322. The van der Waals surface area contributed by atoms with Crippen molar-refractivity contribution in [2.24, 2.45) is 0 Å². The Balaban J connectivity index is 1.79. The van der Waals surface area contributed by atoms with Crippen molar-refractivity contribution in [1.29, 1.82) is 0 Å². The molecule has 0 unspecified atom stereocenters. The maximum absolute atomic E-state index is 12.4. The van der Waals surface area contributed by atoms with Gasteiger partial charge in [-0.1, -0.05) is 74.0 Å². The highest BCUT2D eigenvalue weighted by atomic mass is 16.5. The Kier molecular flexibility index (Phi) is 6.13. The van der Waals surface area contributed by atoms with E-state index in [0.29, 0.717) is 5.56 Å². The second-order valence-electron chi connectivity index (χ2n) is 7.85. The van der Waals surface area contributed by atoms with Crippen LogP contribution in [0.2, 0.25) is 0 Å². The number of pyridine rings is 1. The minimum absolute atomic E-state index is 0.308. The molecule has 0 aliphatic carbocycles. The van der Waals surface area contributed by atoms with Crippen molar-refractivity contribution in [2.75, 3.05) is 7.11 Å². The van der Waals surface area contributed by atoms with Crippen LogP contribution in [0.1, 0.15) is 41.4 Å². The topological polar surface area (TPSA) is 39.2 Å². The van der Waals surface area contributed by atoms with Gasteiger partial charge in [0.1, 0.15) is 0 Å². The van der Waals surface area contributed by atoms with Gasteiger partial charge < -0.3 is 4.74 Å². The lowest BCUT2D eigenvalue weighted by atomic mass is 9.93. The summed E-state index contributed by atoms with van der Waals surface area (Å²) in [5, 5.41) is 1.15. The predicted molar refractivity (Wildman–Crippen MR) is 127 cm³/mol. The number of aryl methyl sites for hydroxylation is 2. The summed E-state index contributed by atoms with van der Waals surface area (Å²) in [5.41, 5.74) is 7.92. The van der Waals surface area contributed by atoms with Gasteiger partial charge in [-0.3, -0.25) is 4.98 Å². The number of hydrogen-bond donors (Lipinski definition) is 0. The van der Waals surface area contributed by atoms with Crippen LogP contribution in [0.25, 0.3) is 33.2 Å². The molecule has 4 rings (SSSR count). The predicted octanol–water partition coefficient (Wildman–Crippen LogP) is 7.01. The Hall–Kier alpha value is -3.46. The zero-order valence-electron chi connectivity index (χ0n) is 18.3. The van der Waals surface area contributed by atoms with Crippen LogP contribution in [0.15, 0.2) is 72.8 Å². The smallest absolute Gasteiger partial charge is 0.338 e. The van der Waals surface area contributed by atoms with Gasteiger partial charge in [0.2, 0.25) is 0 Å². The van der Waals surface area contributed by atoms with E-state index in [0.717, 1.165) is 58.1 Å². The number of nitrogens with zero attached hydrogens (tertiary/aromatic N) is 1. The number of ether oxygens (including phenoxy) is 1. The number of aromatic nitrogens is 1. The molecule has 0 bridgehead atoms. The standard InChI is InChI=1S/C28H27NO2/c1-4-5-10-22-18-25(24-11-6-7-13-26(24)29-22)21-16-14-20(15-17-21)23-12-8-9-19(2)27(23)28(30)31-3/h6-9,11-18H,4-5,10H2,1-3H3. The van der Waals surface area contributed by atoms with Crippen molar-refractivity contribution in [1.82, 2.24) is 4.98 Å². The molecular weight excluding hydrogens is 382 g/mol. The summed E-state index contributed by atoms with van der Waals surface area (Å²) in [6.45, 7) is 4.14. The highest BCUT2D eigenvalue weighted by Crippen LogP contribution is 2.32. The minimum atomic E-state index is -0.308. The highest BCUT2D eigenvalue weighted by Gasteiger charge is 2.16. The lowest BCUT2D eigenvalue weighted by Gasteiger charge is -2.13. The molecule has 1 heterocycles. The molecule has 31 heavy (non-hydrogen) atoms. The molecule has 0 aliphatic rings. The lowest BCUT2D eigenvalue weighted by Crippen LogP contribution is -2.06. The van der Waals surface area contributed by atoms with Crippen LogP contribution in [0.5, 0.6) is 0 Å². The maximum atomic E-state index is 12.4. The first-order valence-electron chi connectivity index (χ1n) is 10.8. The first-order chi connectivity index (χ1) is 15.1. The van der Waals surface area contributed by atoms with E-state index in [2.05, 4.69) is 55.5 Å². The zero-order chi connectivity index (χ0) is 21.8. The Labute approximate surface area is 183 Å². The van der Waals surface area contributed by atoms with Crippen LogP contribution in [0, 0.1) is 6.92 Å². The van der Waals surface area contributed by atoms with Gasteiger partial charge in [-0.2, -0.15) is 0 Å². The number of methoxy groups -OCH3 is 1. The van der Waals surface area contributed by atoms with Crippen molar-refractivity contribution in [3.8, 4) is 22.3 Å². The number of unbranched alkanes of at least 4 members (excludes halogenated alkanes) is 1. The molecule has 0 aliphatic heterocycles. The Morgan fingerprint density at radius 1 is 0.903 bits per heavy atom. The van der Waals surface area contributed by atoms with Crippen LogP contribution in [0.4, 0.5) is 0 Å². The molecule has 1 aromatic heterocycles. The van der Waals surface area contributed by atoms with E-state index in [1.165, 1.54) is 12.7 Å². The second kappa shape index (κ2) is 9.13. The molecule has 156 valence electrons. The van der Waals surface area contributed by atoms with E-state index in [9.17, 15) is 4.79 Å². The molecule has 4 aromatic rings. The Bertz CT molecular complexity index is 1230. The Morgan fingerprint density at radius 3 is 2.32 bits per heavy atom. The third kappa shape index (κ3) is 4.22. The van der Waals surface area contributed by atoms with Gasteiger partial charge in [-0.15, -0.1) is 0 Å². The number of rotatable bonds is 6. The van der Waals surface area contributed by atoms with E-state index in [1.807, 2.05) is 31.2 Å². The van der Waals surface area contributed by atoms with Crippen molar-refractivity contribution in [3.05, 3.63) is 89.6 Å². The molecule has 3 nitrogen and oxygen atoms in total. The molecular formula is C28H27NO2. The van der Waals surface area contributed by atoms with Gasteiger partial charge in [0, 0.05) is 11.1 Å². The highest BCUT2D eigenvalue weighted by molar-refractivity contribution is 5.99. The van der Waals surface area contributed by atoms with Crippen molar-refractivity contribution in [3.63, 3.8) is 0 Å². The van der Waals surface area contributed by atoms with Crippen LogP contribution in [0.3, 0.4) is 0 Å². The molecule has 0 fully saturated rings. The summed E-state index contributed by atoms with van der Waals surface area (Å²) < 4.78 is 5.02. The van der Waals surface area contributed by atoms with E-state index in [-0.39, 0.29) is 5.97 Å². The fraction of sp³-hybridized carbons (Fsp3) is 0.214. The fourth-order valence-corrected chi connectivity index (χ4v) is 4.07. The summed E-state index contributed by atoms with van der Waals surface area (Å²) in [6.07, 6.45) is 3.27. The Morgan fingerprint density at radius 2 is 1.61 bits per heavy atom. The van der Waals surface area contributed by atoms with Gasteiger partial charge in [-0.25, -0.2) is 4.79 Å². The number of para-hydroxylation sites is 1. The average Bonchev–Trinajstić information content (AvgIpc) is 2.81. The minimum Gasteiger partial charge on any atom is -0.465 e. The summed E-state index contributed by atoms with van der Waals surface area (Å²) in [6, 6.07) is 24.8. The molecule has 0 atom stereocenters. The number of benzene rings is 3. The maximum Gasteiger partial charge on any atom is 0.338 e. The van der Waals surface area contributed by atoms with E-state index >= 15 is 0 Å². The third-order valence-electron chi connectivity index (χ3n) is 5.72. The molecule has 0 saturated heterocycles. The monoisotopic (exact) mass is 409 g/mol. The number of carbonyl (C=O) groups excluding carboxylic acids is 1. The third-order valence-corrected chi connectivity index (χ3v) is 5.72. The van der Waals surface area contributed by atoms with Crippen LogP contribution in [-0.4, -0.2) is 18.1 Å². The normalized spacial score (nSPS) is 10.9. The van der Waals surface area contributed by atoms with Crippen molar-refractivity contribution in [2.45, 2.75) is 33.1 Å². The number of fused-ring (bicyclic) bond motifs is 1. The van der Waals surface area contributed by atoms with Crippen LogP contribution < -0.4 is 0 Å². The number of carbonyl (C=O) groups is 1. The van der Waals surface area contributed by atoms with E-state index < -0.39 is 0 Å². The summed E-state index contributed by atoms with van der Waals surface area (Å²) >= 11 is 0. The zero-order valence-corrected chi connectivity index (χ0v) is 18.3. The summed E-state index contributed by atoms with van der Waals surface area (Å²) in [7, 11) is 1.42. The summed E-state index contributed by atoms with van der Waals surface area (Å²) in [4.78, 5) is 17.2.